The summed E-state index contributed by atoms with van der Waals surface area (Å²) in [5.74, 6) is 0. The van der Waals surface area contributed by atoms with Gasteiger partial charge >= 0.3 is 0 Å². The summed E-state index contributed by atoms with van der Waals surface area (Å²) in [6.45, 7) is 4.58. The maximum Gasteiger partial charge on any atom is 0.0166 e. The lowest BCUT2D eigenvalue weighted by Crippen LogP contribution is -1.90. The van der Waals surface area contributed by atoms with Crippen molar-refractivity contribution in [1.29, 1.82) is 0 Å². The molecule has 0 N–H and O–H groups in total. The summed E-state index contributed by atoms with van der Waals surface area (Å²) in [7, 11) is 0. The predicted molar refractivity (Wildman–Crippen MR) is 126 cm³/mol. The molecule has 0 aliphatic heterocycles. The van der Waals surface area contributed by atoms with E-state index in [4.69, 9.17) is 0 Å². The highest BCUT2D eigenvalue weighted by molar-refractivity contribution is 7.11. The van der Waals surface area contributed by atoms with Gasteiger partial charge in [-0.3, -0.25) is 0 Å². The summed E-state index contributed by atoms with van der Waals surface area (Å²) in [6.07, 6.45) is 20.4. The molecular weight excluding hydrogens is 364 g/mol. The lowest BCUT2D eigenvalue weighted by Gasteiger charge is -2.04. The Kier molecular flexibility index (Phi) is 12.1. The van der Waals surface area contributed by atoms with Crippen molar-refractivity contribution < 1.29 is 0 Å². The molecule has 2 rings (SSSR count). The first-order valence-electron chi connectivity index (χ1n) is 11.4. The summed E-state index contributed by atoms with van der Waals surface area (Å²) in [5.41, 5.74) is 3.18. The van der Waals surface area contributed by atoms with E-state index in [1.807, 2.05) is 22.7 Å². The molecule has 2 heteroatoms. The van der Waals surface area contributed by atoms with Gasteiger partial charge in [0, 0.05) is 16.2 Å². The van der Waals surface area contributed by atoms with Crippen molar-refractivity contribution in [1.82, 2.24) is 0 Å². The van der Waals surface area contributed by atoms with E-state index in [1.165, 1.54) is 89.9 Å². The van der Waals surface area contributed by atoms with E-state index in [0.717, 1.165) is 6.42 Å². The molecule has 0 unspecified atom stereocenters. The smallest absolute Gasteiger partial charge is 0.0166 e. The lowest BCUT2D eigenvalue weighted by molar-refractivity contribution is 0.607. The van der Waals surface area contributed by atoms with E-state index in [2.05, 4.69) is 36.7 Å². The number of rotatable bonds is 16. The van der Waals surface area contributed by atoms with Gasteiger partial charge in [-0.05, 0) is 59.7 Å². The topological polar surface area (TPSA) is 0 Å². The molecule has 152 valence electrons. The fraction of sp³-hybridized carbons (Fsp3) is 0.680. The van der Waals surface area contributed by atoms with Crippen molar-refractivity contribution in [3.8, 4) is 0 Å². The van der Waals surface area contributed by atoms with Gasteiger partial charge in [0.1, 0.15) is 0 Å². The summed E-state index contributed by atoms with van der Waals surface area (Å²) in [4.78, 5) is 3.17. The highest BCUT2D eigenvalue weighted by atomic mass is 32.1. The minimum absolute atomic E-state index is 1.16. The molecule has 0 aromatic carbocycles. The van der Waals surface area contributed by atoms with Gasteiger partial charge in [-0.15, -0.1) is 22.7 Å². The van der Waals surface area contributed by atoms with Gasteiger partial charge in [0.25, 0.3) is 0 Å². The van der Waals surface area contributed by atoms with Crippen molar-refractivity contribution in [2.75, 3.05) is 0 Å². The number of aryl methyl sites for hydroxylation is 2. The van der Waals surface area contributed by atoms with Gasteiger partial charge in [-0.25, -0.2) is 0 Å². The van der Waals surface area contributed by atoms with Crippen molar-refractivity contribution in [2.45, 2.75) is 110 Å². The van der Waals surface area contributed by atoms with E-state index >= 15 is 0 Å². The third kappa shape index (κ3) is 9.43. The second-order valence-electron chi connectivity index (χ2n) is 8.00. The number of hydrogen-bond donors (Lipinski definition) is 0. The molecule has 0 spiro atoms. The molecule has 0 amide bonds. The Balaban J connectivity index is 1.68. The van der Waals surface area contributed by atoms with Gasteiger partial charge in [0.2, 0.25) is 0 Å². The molecule has 2 aromatic heterocycles. The average molecular weight is 405 g/mol. The molecule has 0 saturated heterocycles. The van der Waals surface area contributed by atoms with Crippen LogP contribution in [0.4, 0.5) is 0 Å². The Morgan fingerprint density at radius 2 is 1.33 bits per heavy atom. The number of hydrogen-bond acceptors (Lipinski definition) is 2. The van der Waals surface area contributed by atoms with Gasteiger partial charge in [-0.2, -0.15) is 0 Å². The fourth-order valence-electron chi connectivity index (χ4n) is 3.76. The SMILES string of the molecule is CCCCCCCCc1csc(Cc2sccc2CCCCCCCC)c1. The van der Waals surface area contributed by atoms with Gasteiger partial charge in [0.05, 0.1) is 0 Å². The number of thiophene rings is 2. The third-order valence-electron chi connectivity index (χ3n) is 5.50. The summed E-state index contributed by atoms with van der Waals surface area (Å²) >= 11 is 3.93. The van der Waals surface area contributed by atoms with E-state index < -0.39 is 0 Å². The predicted octanol–water partition coefficient (Wildman–Crippen LogP) is 9.21. The summed E-state index contributed by atoms with van der Waals surface area (Å²) in [5, 5.41) is 4.70. The Morgan fingerprint density at radius 1 is 0.704 bits per heavy atom. The van der Waals surface area contributed by atoms with Crippen LogP contribution in [0.5, 0.6) is 0 Å². The zero-order chi connectivity index (χ0) is 19.2. The highest BCUT2D eigenvalue weighted by Gasteiger charge is 2.08. The minimum atomic E-state index is 1.16. The molecule has 2 heterocycles. The molecule has 0 bridgehead atoms. The van der Waals surface area contributed by atoms with E-state index in [9.17, 15) is 0 Å². The molecule has 0 radical (unpaired) electrons. The first kappa shape index (κ1) is 22.7. The van der Waals surface area contributed by atoms with Crippen LogP contribution in [0.15, 0.2) is 22.9 Å². The molecule has 27 heavy (non-hydrogen) atoms. The van der Waals surface area contributed by atoms with Crippen molar-refractivity contribution >= 4 is 22.7 Å². The van der Waals surface area contributed by atoms with Crippen LogP contribution in [0, 0.1) is 0 Å². The second-order valence-corrected chi connectivity index (χ2v) is 10.00. The monoisotopic (exact) mass is 404 g/mol. The molecular formula is C25H40S2. The van der Waals surface area contributed by atoms with Crippen molar-refractivity contribution in [2.24, 2.45) is 0 Å². The van der Waals surface area contributed by atoms with Crippen LogP contribution in [0.3, 0.4) is 0 Å². The number of unbranched alkanes of at least 4 members (excludes halogenated alkanes) is 10. The van der Waals surface area contributed by atoms with Crippen LogP contribution >= 0.6 is 22.7 Å². The zero-order valence-corrected chi connectivity index (χ0v) is 19.4. The van der Waals surface area contributed by atoms with Crippen LogP contribution in [-0.4, -0.2) is 0 Å². The van der Waals surface area contributed by atoms with Crippen molar-refractivity contribution in [3.05, 3.63) is 43.8 Å². The molecule has 0 aliphatic rings. The van der Waals surface area contributed by atoms with E-state index in [0.29, 0.717) is 0 Å². The largest absolute Gasteiger partial charge is 0.148 e. The zero-order valence-electron chi connectivity index (χ0n) is 17.7. The van der Waals surface area contributed by atoms with Crippen molar-refractivity contribution in [3.63, 3.8) is 0 Å². The third-order valence-corrected chi connectivity index (χ3v) is 7.45. The Labute approximate surface area is 176 Å². The normalized spacial score (nSPS) is 11.3. The van der Waals surface area contributed by atoms with Gasteiger partial charge < -0.3 is 0 Å². The standard InChI is InChI=1S/C25H40S2/c1-3-5-7-9-11-13-15-22-19-24(27-21-22)20-25-23(17-18-26-25)16-14-12-10-8-6-4-2/h17-19,21H,3-16,20H2,1-2H3. The summed E-state index contributed by atoms with van der Waals surface area (Å²) in [6, 6.07) is 4.85. The molecule has 0 nitrogen and oxygen atoms in total. The van der Waals surface area contributed by atoms with Crippen LogP contribution in [-0.2, 0) is 19.3 Å². The molecule has 0 atom stereocenters. The van der Waals surface area contributed by atoms with Gasteiger partial charge in [-0.1, -0.05) is 78.1 Å². The quantitative estimate of drug-likeness (QED) is 0.244. The first-order valence-corrected chi connectivity index (χ1v) is 13.2. The molecule has 0 saturated carbocycles. The molecule has 2 aromatic rings. The fourth-order valence-corrected chi connectivity index (χ4v) is 5.74. The Morgan fingerprint density at radius 3 is 2.04 bits per heavy atom. The van der Waals surface area contributed by atoms with Gasteiger partial charge in [0.15, 0.2) is 0 Å². The van der Waals surface area contributed by atoms with Crippen LogP contribution < -0.4 is 0 Å². The van der Waals surface area contributed by atoms with Crippen LogP contribution in [0.1, 0.15) is 112 Å². The maximum atomic E-state index is 2.48. The highest BCUT2D eigenvalue weighted by Crippen LogP contribution is 2.26. The molecule has 0 fully saturated rings. The molecule has 0 aliphatic carbocycles. The second kappa shape index (κ2) is 14.4. The average Bonchev–Trinajstić information content (AvgIpc) is 3.31. The Hall–Kier alpha value is -0.600. The first-order chi connectivity index (χ1) is 13.3. The van der Waals surface area contributed by atoms with E-state index in [1.54, 1.807) is 20.9 Å². The minimum Gasteiger partial charge on any atom is -0.148 e. The summed E-state index contributed by atoms with van der Waals surface area (Å²) < 4.78 is 0. The Bertz CT molecular complexity index is 593. The van der Waals surface area contributed by atoms with Crippen LogP contribution in [0.2, 0.25) is 0 Å². The van der Waals surface area contributed by atoms with Crippen LogP contribution in [0.25, 0.3) is 0 Å². The lowest BCUT2D eigenvalue weighted by atomic mass is 10.0. The van der Waals surface area contributed by atoms with E-state index in [-0.39, 0.29) is 0 Å². The maximum absolute atomic E-state index is 2.48.